The van der Waals surface area contributed by atoms with Gasteiger partial charge in [-0.15, -0.1) is 0 Å². The van der Waals surface area contributed by atoms with Crippen LogP contribution in [0.3, 0.4) is 0 Å². The summed E-state index contributed by atoms with van der Waals surface area (Å²) in [6.45, 7) is 2.01. The number of pyridine rings is 1. The fraction of sp³-hybridized carbons (Fsp3) is 0.133. The zero-order chi connectivity index (χ0) is 15.7. The van der Waals surface area contributed by atoms with Gasteiger partial charge in [0, 0.05) is 10.7 Å². The minimum atomic E-state index is -0.514. The summed E-state index contributed by atoms with van der Waals surface area (Å²) in [6.07, 6.45) is 1.61. The molecule has 112 valence electrons. The normalized spacial score (nSPS) is 10.8. The molecule has 1 aromatic carbocycles. The predicted octanol–water partition coefficient (Wildman–Crippen LogP) is 2.83. The van der Waals surface area contributed by atoms with Crippen LogP contribution in [0.4, 0.5) is 5.69 Å². The van der Waals surface area contributed by atoms with Crippen LogP contribution in [0.25, 0.3) is 16.7 Å². The summed E-state index contributed by atoms with van der Waals surface area (Å²) >= 11 is 5.89. The second-order valence-electron chi connectivity index (χ2n) is 4.59. The molecule has 0 fully saturated rings. The van der Waals surface area contributed by atoms with Crippen LogP contribution in [-0.2, 0) is 4.74 Å². The molecular weight excluding hydrogens is 304 g/mol. The van der Waals surface area contributed by atoms with Crippen LogP contribution >= 0.6 is 11.6 Å². The van der Waals surface area contributed by atoms with Crippen molar-refractivity contribution in [2.75, 3.05) is 12.3 Å². The molecule has 7 heteroatoms. The van der Waals surface area contributed by atoms with E-state index in [1.165, 1.54) is 6.07 Å². The zero-order valence-electron chi connectivity index (χ0n) is 11.8. The average molecular weight is 317 g/mol. The molecule has 3 rings (SSSR count). The number of hydrogen-bond donors (Lipinski definition) is 1. The lowest BCUT2D eigenvalue weighted by atomic mass is 10.2. The first kappa shape index (κ1) is 14.3. The lowest BCUT2D eigenvalue weighted by Crippen LogP contribution is -2.09. The number of benzene rings is 1. The molecule has 0 atom stereocenters. The standard InChI is InChI=1S/C15H13ClN4O2/c1-2-22-15(21)13-7-12(17)11-8-18-20(14(11)19-13)10-5-3-9(16)4-6-10/h3-8H,2H2,1H3,(H2,17,19). The molecule has 0 unspecified atom stereocenters. The Hall–Kier alpha value is -2.60. The Morgan fingerprint density at radius 3 is 2.77 bits per heavy atom. The van der Waals surface area contributed by atoms with E-state index in [1.54, 1.807) is 29.9 Å². The van der Waals surface area contributed by atoms with Crippen LogP contribution in [0.15, 0.2) is 36.5 Å². The van der Waals surface area contributed by atoms with Gasteiger partial charge in [-0.2, -0.15) is 5.10 Å². The first-order valence-corrected chi connectivity index (χ1v) is 7.05. The summed E-state index contributed by atoms with van der Waals surface area (Å²) < 4.78 is 6.57. The van der Waals surface area contributed by atoms with Gasteiger partial charge >= 0.3 is 5.97 Å². The number of carbonyl (C=O) groups is 1. The highest BCUT2D eigenvalue weighted by molar-refractivity contribution is 6.30. The zero-order valence-corrected chi connectivity index (χ0v) is 12.5. The lowest BCUT2D eigenvalue weighted by molar-refractivity contribution is 0.0520. The van der Waals surface area contributed by atoms with Gasteiger partial charge in [-0.1, -0.05) is 11.6 Å². The number of nitrogens with two attached hydrogens (primary N) is 1. The van der Waals surface area contributed by atoms with E-state index in [-0.39, 0.29) is 12.3 Å². The van der Waals surface area contributed by atoms with Gasteiger partial charge in [-0.05, 0) is 37.3 Å². The number of hydrogen-bond acceptors (Lipinski definition) is 5. The quantitative estimate of drug-likeness (QED) is 0.751. The second kappa shape index (κ2) is 5.65. The molecule has 2 heterocycles. The molecule has 0 amide bonds. The molecule has 0 aliphatic carbocycles. The van der Waals surface area contributed by atoms with Crippen LogP contribution in [0.2, 0.25) is 5.02 Å². The SMILES string of the molecule is CCOC(=O)c1cc(N)c2cnn(-c3ccc(Cl)cc3)c2n1. The number of halogens is 1. The van der Waals surface area contributed by atoms with E-state index in [1.807, 2.05) is 12.1 Å². The number of nitrogens with zero attached hydrogens (tertiary/aromatic N) is 3. The van der Waals surface area contributed by atoms with Gasteiger partial charge in [0.15, 0.2) is 11.3 Å². The van der Waals surface area contributed by atoms with E-state index in [2.05, 4.69) is 10.1 Å². The van der Waals surface area contributed by atoms with Gasteiger partial charge in [0.25, 0.3) is 0 Å². The topological polar surface area (TPSA) is 83.0 Å². The van der Waals surface area contributed by atoms with Crippen LogP contribution in [0.1, 0.15) is 17.4 Å². The van der Waals surface area contributed by atoms with Crippen LogP contribution in [0, 0.1) is 0 Å². The highest BCUT2D eigenvalue weighted by atomic mass is 35.5. The fourth-order valence-corrected chi connectivity index (χ4v) is 2.23. The van der Waals surface area contributed by atoms with Crippen molar-refractivity contribution in [2.45, 2.75) is 6.92 Å². The Balaban J connectivity index is 2.16. The molecule has 2 N–H and O–H groups in total. The molecule has 6 nitrogen and oxygen atoms in total. The second-order valence-corrected chi connectivity index (χ2v) is 5.02. The smallest absolute Gasteiger partial charge is 0.357 e. The molecule has 0 aliphatic rings. The van der Waals surface area contributed by atoms with Crippen molar-refractivity contribution in [3.05, 3.63) is 47.2 Å². The maximum absolute atomic E-state index is 11.9. The number of ether oxygens (including phenoxy) is 1. The summed E-state index contributed by atoms with van der Waals surface area (Å²) in [6, 6.07) is 8.62. The molecule has 2 aromatic heterocycles. The summed E-state index contributed by atoms with van der Waals surface area (Å²) in [5.41, 5.74) is 7.83. The van der Waals surface area contributed by atoms with Crippen molar-refractivity contribution in [1.29, 1.82) is 0 Å². The highest BCUT2D eigenvalue weighted by Gasteiger charge is 2.15. The molecule has 0 bridgehead atoms. The van der Waals surface area contributed by atoms with E-state index in [0.29, 0.717) is 21.7 Å². The largest absolute Gasteiger partial charge is 0.461 e. The van der Waals surface area contributed by atoms with E-state index in [9.17, 15) is 4.79 Å². The monoisotopic (exact) mass is 316 g/mol. The van der Waals surface area contributed by atoms with E-state index in [0.717, 1.165) is 5.69 Å². The number of fused-ring (bicyclic) bond motifs is 1. The van der Waals surface area contributed by atoms with Gasteiger partial charge in [0.05, 0.1) is 23.9 Å². The van der Waals surface area contributed by atoms with Crippen molar-refractivity contribution >= 4 is 34.3 Å². The summed E-state index contributed by atoms with van der Waals surface area (Å²) in [7, 11) is 0. The Morgan fingerprint density at radius 2 is 2.09 bits per heavy atom. The Bertz CT molecular complexity index is 843. The lowest BCUT2D eigenvalue weighted by Gasteiger charge is -2.06. The van der Waals surface area contributed by atoms with E-state index >= 15 is 0 Å². The van der Waals surface area contributed by atoms with Crippen molar-refractivity contribution in [3.8, 4) is 5.69 Å². The van der Waals surface area contributed by atoms with Crippen LogP contribution in [-0.4, -0.2) is 27.3 Å². The fourth-order valence-electron chi connectivity index (χ4n) is 2.11. The molecule has 3 aromatic rings. The third kappa shape index (κ3) is 2.48. The number of rotatable bonds is 3. The van der Waals surface area contributed by atoms with Gasteiger partial charge in [-0.25, -0.2) is 14.5 Å². The van der Waals surface area contributed by atoms with Gasteiger partial charge in [-0.3, -0.25) is 0 Å². The van der Waals surface area contributed by atoms with Gasteiger partial charge < -0.3 is 10.5 Å². The Kier molecular flexibility index (Phi) is 3.68. The average Bonchev–Trinajstić information content (AvgIpc) is 2.93. The molecule has 0 aliphatic heterocycles. The Morgan fingerprint density at radius 1 is 1.36 bits per heavy atom. The number of esters is 1. The van der Waals surface area contributed by atoms with E-state index in [4.69, 9.17) is 22.1 Å². The van der Waals surface area contributed by atoms with Crippen molar-refractivity contribution in [2.24, 2.45) is 0 Å². The first-order valence-electron chi connectivity index (χ1n) is 6.67. The highest BCUT2D eigenvalue weighted by Crippen LogP contribution is 2.23. The first-order chi connectivity index (χ1) is 10.6. The molecule has 0 saturated carbocycles. The number of anilines is 1. The predicted molar refractivity (Wildman–Crippen MR) is 84.2 cm³/mol. The van der Waals surface area contributed by atoms with Crippen molar-refractivity contribution < 1.29 is 9.53 Å². The minimum Gasteiger partial charge on any atom is -0.461 e. The van der Waals surface area contributed by atoms with Crippen molar-refractivity contribution in [3.63, 3.8) is 0 Å². The van der Waals surface area contributed by atoms with Gasteiger partial charge in [0.1, 0.15) is 0 Å². The summed E-state index contributed by atoms with van der Waals surface area (Å²) in [5.74, 6) is -0.514. The molecule has 0 spiro atoms. The van der Waals surface area contributed by atoms with Crippen molar-refractivity contribution in [1.82, 2.24) is 14.8 Å². The third-order valence-corrected chi connectivity index (χ3v) is 3.38. The summed E-state index contributed by atoms with van der Waals surface area (Å²) in [4.78, 5) is 16.2. The maximum Gasteiger partial charge on any atom is 0.357 e. The molecule has 0 radical (unpaired) electrons. The molecule has 22 heavy (non-hydrogen) atoms. The summed E-state index contributed by atoms with van der Waals surface area (Å²) in [5, 5.41) is 5.58. The maximum atomic E-state index is 11.9. The molecular formula is C15H13ClN4O2. The minimum absolute atomic E-state index is 0.155. The van der Waals surface area contributed by atoms with Gasteiger partial charge in [0.2, 0.25) is 0 Å². The van der Waals surface area contributed by atoms with Crippen LogP contribution < -0.4 is 5.73 Å². The number of aromatic nitrogens is 3. The molecule has 0 saturated heterocycles. The number of carbonyl (C=O) groups excluding carboxylic acids is 1. The van der Waals surface area contributed by atoms with Crippen LogP contribution in [0.5, 0.6) is 0 Å². The van der Waals surface area contributed by atoms with E-state index < -0.39 is 5.97 Å². The number of nitrogen functional groups attached to an aromatic ring is 1. The Labute approximate surface area is 131 Å². The third-order valence-electron chi connectivity index (χ3n) is 3.13.